The summed E-state index contributed by atoms with van der Waals surface area (Å²) in [5.41, 5.74) is 5.09. The van der Waals surface area contributed by atoms with Crippen LogP contribution in [0.4, 0.5) is 10.5 Å². The number of hydrogen-bond donors (Lipinski definition) is 5. The smallest absolute Gasteiger partial charge is 0.426 e. The van der Waals surface area contributed by atoms with E-state index in [0.29, 0.717) is 19.3 Å². The molecule has 2 aromatic heterocycles. The van der Waals surface area contributed by atoms with Gasteiger partial charge in [-0.3, -0.25) is 49.2 Å². The number of aromatic hydroxyl groups is 1. The zero-order valence-corrected chi connectivity index (χ0v) is 46.2. The van der Waals surface area contributed by atoms with Crippen LogP contribution in [0.25, 0.3) is 0 Å². The number of esters is 2. The van der Waals surface area contributed by atoms with Gasteiger partial charge in [-0.25, -0.2) is 20.2 Å². The molecule has 0 saturated carbocycles. The van der Waals surface area contributed by atoms with E-state index in [1.54, 1.807) is 19.1 Å². The fraction of sp³-hybridized carbons (Fsp3) is 0.580. The fourth-order valence-electron chi connectivity index (χ4n) is 8.20. The molecule has 0 aliphatic carbocycles. The van der Waals surface area contributed by atoms with E-state index in [1.807, 2.05) is 46.6 Å². The molecule has 3 aromatic rings. The Morgan fingerprint density at radius 3 is 2.39 bits per heavy atom. The number of benzene rings is 1. The summed E-state index contributed by atoms with van der Waals surface area (Å²) >= 11 is 1.06. The van der Waals surface area contributed by atoms with E-state index in [4.69, 9.17) is 14.2 Å². The lowest BCUT2D eigenvalue weighted by atomic mass is 9.92. The third-order valence-corrected chi connectivity index (χ3v) is 15.7. The summed E-state index contributed by atoms with van der Waals surface area (Å²) in [7, 11) is 4.14. The van der Waals surface area contributed by atoms with Gasteiger partial charge >= 0.3 is 23.7 Å². The number of hydrazine groups is 1. The number of phenols is 1. The van der Waals surface area contributed by atoms with Crippen molar-refractivity contribution < 1.29 is 57.8 Å². The van der Waals surface area contributed by atoms with Crippen molar-refractivity contribution in [2.75, 3.05) is 32.7 Å². The molecule has 25 heteroatoms. The number of likely N-dealkylation sites (N-methyl/N-ethyl adjacent to an activating group) is 1. The van der Waals surface area contributed by atoms with Gasteiger partial charge in [0, 0.05) is 61.2 Å². The molecule has 5 amide bonds. The molecular formula is C50H71N9O13S3. The molecule has 0 unspecified atom stereocenters. The SMILES string of the molecule is CCCC(=O)OCN(C(=O)[C@@H](NC(=O)[C@@H]1CCCCN1C)[C@@H](C)CC)[C@H](C[C@@H](OC(C)=O)c1nc(C(=O)N[C@@H](Cc2ccc(O)cc2)C[C@H](C)C(=O)NNC(=O)OCCSSc2ncccc2[N+](=O)[O-])cs1)C(C)C. The normalized spacial score (nSPS) is 16.0. The minimum atomic E-state index is -1.07. The molecular weight excluding hydrogens is 1030 g/mol. The minimum Gasteiger partial charge on any atom is -0.508 e. The monoisotopic (exact) mass is 1100 g/mol. The fourth-order valence-corrected chi connectivity index (χ4v) is 10.9. The number of phenolic OH excluding ortho intramolecular Hbond substituents is 1. The predicted octanol–water partition coefficient (Wildman–Crippen LogP) is 6.88. The summed E-state index contributed by atoms with van der Waals surface area (Å²) in [6, 6.07) is 6.33. The van der Waals surface area contributed by atoms with E-state index >= 15 is 0 Å². The summed E-state index contributed by atoms with van der Waals surface area (Å²) in [4.78, 5) is 117. The highest BCUT2D eigenvalue weighted by Gasteiger charge is 2.39. The number of hydrogen-bond acceptors (Lipinski definition) is 19. The Kier molecular flexibility index (Phi) is 25.5. The number of piperidine rings is 1. The Bertz CT molecular complexity index is 2400. The largest absolute Gasteiger partial charge is 0.508 e. The van der Waals surface area contributed by atoms with E-state index in [9.17, 15) is 48.8 Å². The average molecular weight is 1100 g/mol. The third kappa shape index (κ3) is 19.9. The molecule has 1 saturated heterocycles. The number of aromatic nitrogens is 2. The summed E-state index contributed by atoms with van der Waals surface area (Å²) < 4.78 is 16.7. The van der Waals surface area contributed by atoms with Crippen molar-refractivity contribution in [1.82, 2.24) is 41.3 Å². The molecule has 5 N–H and O–H groups in total. The first-order valence-electron chi connectivity index (χ1n) is 25.0. The molecule has 4 rings (SSSR count). The van der Waals surface area contributed by atoms with E-state index in [0.717, 1.165) is 47.1 Å². The first-order valence-corrected chi connectivity index (χ1v) is 28.2. The molecule has 7 atom stereocenters. The number of thiazole rings is 1. The van der Waals surface area contributed by atoms with Crippen LogP contribution < -0.4 is 21.5 Å². The number of nitrogens with zero attached hydrogens (tertiary/aromatic N) is 5. The van der Waals surface area contributed by atoms with E-state index < -0.39 is 83.6 Å². The van der Waals surface area contributed by atoms with Crippen LogP contribution >= 0.6 is 32.9 Å². The van der Waals surface area contributed by atoms with Crippen molar-refractivity contribution in [1.29, 1.82) is 0 Å². The molecule has 1 aromatic carbocycles. The van der Waals surface area contributed by atoms with Gasteiger partial charge in [-0.1, -0.05) is 77.3 Å². The van der Waals surface area contributed by atoms with Crippen LogP contribution in [0.2, 0.25) is 0 Å². The molecule has 0 bridgehead atoms. The minimum absolute atomic E-state index is 0.0100. The second-order valence-corrected chi connectivity index (χ2v) is 22.0. The van der Waals surface area contributed by atoms with E-state index in [1.165, 1.54) is 58.5 Å². The summed E-state index contributed by atoms with van der Waals surface area (Å²) in [5, 5.41) is 29.1. The summed E-state index contributed by atoms with van der Waals surface area (Å²) in [6.07, 6.45) is 3.41. The Morgan fingerprint density at radius 2 is 1.73 bits per heavy atom. The number of nitrogens with one attached hydrogen (secondary N) is 4. The first-order chi connectivity index (χ1) is 35.7. The standard InChI is InChI=1S/C50H71N9O13S3/c1-9-14-42(62)71-29-58(49(66)43(31(5)10-2)54-46(65)38-15-11-12-22-57(38)8)40(30(3)4)27-41(72-33(7)60)48-53-37(28-73-48)45(64)52-35(26-34-17-19-36(61)20-18-34)25-32(6)44(63)55-56-50(67)70-23-24-74-75-47-39(59(68)69)16-13-21-51-47/h13,16-21,28,30-32,35,38,40-41,43,61H,9-12,14-15,22-27,29H2,1-8H3,(H,52,64)(H,54,65)(H,55,63)(H,56,67)/t31-,32-,35+,38-,40+,41+,43-/m0/s1. The van der Waals surface area contributed by atoms with Gasteiger partial charge in [0.1, 0.15) is 29.1 Å². The van der Waals surface area contributed by atoms with Crippen LogP contribution in [0.3, 0.4) is 0 Å². The van der Waals surface area contributed by atoms with Gasteiger partial charge in [0.25, 0.3) is 5.91 Å². The van der Waals surface area contributed by atoms with Gasteiger partial charge in [-0.2, -0.15) is 0 Å². The zero-order valence-electron chi connectivity index (χ0n) is 43.7. The number of carbonyl (C=O) groups excluding carboxylic acids is 7. The number of pyridine rings is 1. The first kappa shape index (κ1) is 61.5. The Labute approximate surface area is 449 Å². The lowest BCUT2D eigenvalue weighted by Gasteiger charge is -2.39. The Morgan fingerprint density at radius 1 is 1.00 bits per heavy atom. The van der Waals surface area contributed by atoms with Gasteiger partial charge in [0.05, 0.1) is 11.0 Å². The van der Waals surface area contributed by atoms with Crippen LogP contribution in [0.1, 0.15) is 127 Å². The molecule has 1 fully saturated rings. The Hall–Kier alpha value is -6.05. The maximum absolute atomic E-state index is 14.9. The molecule has 0 radical (unpaired) electrons. The van der Waals surface area contributed by atoms with Gasteiger partial charge in [-0.05, 0) is 92.1 Å². The van der Waals surface area contributed by atoms with Crippen molar-refractivity contribution in [3.05, 3.63) is 74.4 Å². The molecule has 0 spiro atoms. The van der Waals surface area contributed by atoms with Crippen molar-refractivity contribution in [2.24, 2.45) is 17.8 Å². The third-order valence-electron chi connectivity index (χ3n) is 12.5. The van der Waals surface area contributed by atoms with Crippen LogP contribution in [-0.4, -0.2) is 128 Å². The number of likely N-dealkylation sites (tertiary alicyclic amines) is 1. The highest BCUT2D eigenvalue weighted by atomic mass is 33.1. The molecule has 3 heterocycles. The van der Waals surface area contributed by atoms with Crippen LogP contribution in [-0.2, 0) is 44.6 Å². The van der Waals surface area contributed by atoms with Crippen molar-refractivity contribution in [3.63, 3.8) is 0 Å². The topological polar surface area (TPSA) is 291 Å². The van der Waals surface area contributed by atoms with Crippen LogP contribution in [0.15, 0.2) is 53.0 Å². The predicted molar refractivity (Wildman–Crippen MR) is 283 cm³/mol. The summed E-state index contributed by atoms with van der Waals surface area (Å²) in [6.45, 7) is 12.5. The number of amides is 5. The second kappa shape index (κ2) is 31.1. The average Bonchev–Trinajstić information content (AvgIpc) is 3.88. The number of nitro groups is 1. The second-order valence-electron chi connectivity index (χ2n) is 18.7. The lowest BCUT2D eigenvalue weighted by Crippen LogP contribution is -2.59. The molecule has 412 valence electrons. The molecule has 75 heavy (non-hydrogen) atoms. The van der Waals surface area contributed by atoms with E-state index in [-0.39, 0.29) is 83.0 Å². The molecule has 1 aliphatic heterocycles. The van der Waals surface area contributed by atoms with E-state index in [2.05, 4.69) is 31.5 Å². The number of rotatable bonds is 28. The maximum atomic E-state index is 14.9. The van der Waals surface area contributed by atoms with Crippen LogP contribution in [0.5, 0.6) is 5.75 Å². The van der Waals surface area contributed by atoms with Crippen molar-refractivity contribution in [2.45, 2.75) is 142 Å². The van der Waals surface area contributed by atoms with Crippen molar-refractivity contribution >= 4 is 80.3 Å². The molecule has 22 nitrogen and oxygen atoms in total. The highest BCUT2D eigenvalue weighted by Crippen LogP contribution is 2.35. The number of carbonyl (C=O) groups is 7. The van der Waals surface area contributed by atoms with Gasteiger partial charge < -0.3 is 34.9 Å². The summed E-state index contributed by atoms with van der Waals surface area (Å²) in [5.74, 6) is -4.18. The quantitative estimate of drug-likeness (QED) is 0.00941. The van der Waals surface area contributed by atoms with Gasteiger partial charge in [0.15, 0.2) is 17.9 Å². The number of ether oxygens (including phenoxy) is 3. The zero-order chi connectivity index (χ0) is 55.2. The van der Waals surface area contributed by atoms with Crippen molar-refractivity contribution in [3.8, 4) is 5.75 Å². The maximum Gasteiger partial charge on any atom is 0.426 e. The van der Waals surface area contributed by atoms with Gasteiger partial charge in [-0.15, -0.1) is 11.3 Å². The van der Waals surface area contributed by atoms with Gasteiger partial charge in [0.2, 0.25) is 17.7 Å². The Balaban J connectivity index is 1.49. The highest BCUT2D eigenvalue weighted by molar-refractivity contribution is 8.76. The lowest BCUT2D eigenvalue weighted by molar-refractivity contribution is -0.388. The van der Waals surface area contributed by atoms with Crippen LogP contribution in [0, 0.1) is 27.9 Å². The molecule has 1 aliphatic rings.